The standard InChI is InChI=1S/C20H18FN3O2/c1-13-11-14-5-3-4-6-17(14)24(13)20(25)19-18(26-2)12-23(22-19)16-9-7-15(21)8-10-16/h3-10,12-13H,11H2,1-2H3/t13-/m0/s1. The smallest absolute Gasteiger partial charge is 0.282 e. The molecule has 5 nitrogen and oxygen atoms in total. The lowest BCUT2D eigenvalue weighted by Gasteiger charge is -2.22. The minimum atomic E-state index is -0.327. The monoisotopic (exact) mass is 351 g/mol. The lowest BCUT2D eigenvalue weighted by atomic mass is 10.1. The number of fused-ring (bicyclic) bond motifs is 1. The molecule has 1 atom stereocenters. The Hall–Kier alpha value is -3.15. The van der Waals surface area contributed by atoms with Crippen molar-refractivity contribution < 1.29 is 13.9 Å². The molecular formula is C20H18FN3O2. The summed E-state index contributed by atoms with van der Waals surface area (Å²) in [5.41, 5.74) is 2.94. The van der Waals surface area contributed by atoms with E-state index in [1.165, 1.54) is 23.9 Å². The maximum atomic E-state index is 13.2. The number of carbonyl (C=O) groups is 1. The van der Waals surface area contributed by atoms with Gasteiger partial charge in [-0.2, -0.15) is 5.10 Å². The number of halogens is 1. The van der Waals surface area contributed by atoms with Crippen molar-refractivity contribution in [3.63, 3.8) is 0 Å². The van der Waals surface area contributed by atoms with Crippen LogP contribution in [0.4, 0.5) is 10.1 Å². The van der Waals surface area contributed by atoms with Gasteiger partial charge in [0.2, 0.25) is 0 Å². The first-order chi connectivity index (χ1) is 12.6. The second-order valence-corrected chi connectivity index (χ2v) is 6.32. The van der Waals surface area contributed by atoms with E-state index in [9.17, 15) is 9.18 Å². The second kappa shape index (κ2) is 6.29. The van der Waals surface area contributed by atoms with E-state index in [0.717, 1.165) is 17.7 Å². The van der Waals surface area contributed by atoms with E-state index in [-0.39, 0.29) is 23.5 Å². The van der Waals surface area contributed by atoms with E-state index in [4.69, 9.17) is 4.74 Å². The van der Waals surface area contributed by atoms with Crippen LogP contribution in [-0.2, 0) is 6.42 Å². The lowest BCUT2D eigenvalue weighted by molar-refractivity contribution is 0.0973. The Morgan fingerprint density at radius 3 is 2.65 bits per heavy atom. The fourth-order valence-electron chi connectivity index (χ4n) is 3.37. The highest BCUT2D eigenvalue weighted by Gasteiger charge is 2.34. The van der Waals surface area contributed by atoms with Crippen LogP contribution in [0.2, 0.25) is 0 Å². The number of hydrogen-bond acceptors (Lipinski definition) is 3. The predicted molar refractivity (Wildman–Crippen MR) is 96.5 cm³/mol. The maximum Gasteiger partial charge on any atom is 0.282 e. The molecule has 0 fully saturated rings. The SMILES string of the molecule is COc1cn(-c2ccc(F)cc2)nc1C(=O)N1c2ccccc2C[C@@H]1C. The van der Waals surface area contributed by atoms with Crippen LogP contribution >= 0.6 is 0 Å². The van der Waals surface area contributed by atoms with Crippen LogP contribution in [0.3, 0.4) is 0 Å². The molecule has 1 aliphatic heterocycles. The highest BCUT2D eigenvalue weighted by atomic mass is 19.1. The average Bonchev–Trinajstić information content (AvgIpc) is 3.22. The summed E-state index contributed by atoms with van der Waals surface area (Å²) in [6.45, 7) is 2.02. The Balaban J connectivity index is 1.73. The molecule has 2 aromatic carbocycles. The van der Waals surface area contributed by atoms with E-state index in [1.807, 2.05) is 31.2 Å². The molecule has 6 heteroatoms. The van der Waals surface area contributed by atoms with Gasteiger partial charge in [-0.3, -0.25) is 4.79 Å². The van der Waals surface area contributed by atoms with Crippen LogP contribution in [-0.4, -0.2) is 28.8 Å². The molecule has 1 aromatic heterocycles. The minimum Gasteiger partial charge on any atom is -0.493 e. The second-order valence-electron chi connectivity index (χ2n) is 6.32. The number of rotatable bonds is 3. The van der Waals surface area contributed by atoms with Crippen LogP contribution in [0.1, 0.15) is 23.0 Å². The summed E-state index contributed by atoms with van der Waals surface area (Å²) in [5, 5.41) is 4.41. The Kier molecular flexibility index (Phi) is 3.95. The summed E-state index contributed by atoms with van der Waals surface area (Å²) >= 11 is 0. The van der Waals surface area contributed by atoms with Gasteiger partial charge < -0.3 is 9.64 Å². The number of methoxy groups -OCH3 is 1. The zero-order valence-corrected chi connectivity index (χ0v) is 14.5. The first-order valence-electron chi connectivity index (χ1n) is 8.39. The molecule has 0 unspecified atom stereocenters. The van der Waals surface area contributed by atoms with Crippen molar-refractivity contribution in [1.82, 2.24) is 9.78 Å². The third-order valence-corrected chi connectivity index (χ3v) is 4.62. The molecule has 0 spiro atoms. The first-order valence-corrected chi connectivity index (χ1v) is 8.39. The fraction of sp³-hybridized carbons (Fsp3) is 0.200. The number of hydrogen-bond donors (Lipinski definition) is 0. The molecule has 0 saturated heterocycles. The van der Waals surface area contributed by atoms with Gasteiger partial charge in [0, 0.05) is 11.7 Å². The van der Waals surface area contributed by atoms with Crippen molar-refractivity contribution in [2.75, 3.05) is 12.0 Å². The molecule has 0 bridgehead atoms. The predicted octanol–water partition coefficient (Wildman–Crippen LogP) is 3.61. The number of amides is 1. The Morgan fingerprint density at radius 1 is 1.19 bits per heavy atom. The zero-order chi connectivity index (χ0) is 18.3. The molecule has 0 radical (unpaired) electrons. The average molecular weight is 351 g/mol. The van der Waals surface area contributed by atoms with Gasteiger partial charge >= 0.3 is 0 Å². The summed E-state index contributed by atoms with van der Waals surface area (Å²) in [5.74, 6) is -0.150. The van der Waals surface area contributed by atoms with E-state index in [0.29, 0.717) is 11.4 Å². The number of benzene rings is 2. The molecule has 0 aliphatic carbocycles. The molecule has 1 amide bonds. The molecule has 26 heavy (non-hydrogen) atoms. The fourth-order valence-corrected chi connectivity index (χ4v) is 3.37. The van der Waals surface area contributed by atoms with Crippen LogP contribution < -0.4 is 9.64 Å². The highest BCUT2D eigenvalue weighted by molar-refractivity contribution is 6.08. The van der Waals surface area contributed by atoms with Crippen molar-refractivity contribution >= 4 is 11.6 Å². The van der Waals surface area contributed by atoms with Gasteiger partial charge in [-0.1, -0.05) is 18.2 Å². The molecule has 0 N–H and O–H groups in total. The Labute approximate surface area is 150 Å². The minimum absolute atomic E-state index is 0.0422. The van der Waals surface area contributed by atoms with Crippen molar-refractivity contribution in [2.45, 2.75) is 19.4 Å². The van der Waals surface area contributed by atoms with E-state index in [1.54, 1.807) is 23.2 Å². The van der Waals surface area contributed by atoms with Gasteiger partial charge in [-0.05, 0) is 49.2 Å². The quantitative estimate of drug-likeness (QED) is 0.724. The Bertz CT molecular complexity index is 965. The van der Waals surface area contributed by atoms with Crippen LogP contribution in [0.25, 0.3) is 5.69 Å². The summed E-state index contributed by atoms with van der Waals surface area (Å²) in [7, 11) is 1.50. The molecule has 1 aliphatic rings. The van der Waals surface area contributed by atoms with Crippen LogP contribution in [0, 0.1) is 5.82 Å². The van der Waals surface area contributed by atoms with Crippen LogP contribution in [0.5, 0.6) is 5.75 Å². The summed E-state index contributed by atoms with van der Waals surface area (Å²) < 4.78 is 20.1. The number of para-hydroxylation sites is 1. The van der Waals surface area contributed by atoms with Gasteiger partial charge in [0.25, 0.3) is 5.91 Å². The van der Waals surface area contributed by atoms with Crippen molar-refractivity contribution in [3.05, 3.63) is 71.8 Å². The largest absolute Gasteiger partial charge is 0.493 e. The van der Waals surface area contributed by atoms with Crippen LogP contribution in [0.15, 0.2) is 54.7 Å². The zero-order valence-electron chi connectivity index (χ0n) is 14.5. The summed E-state index contributed by atoms with van der Waals surface area (Å²) in [6.07, 6.45) is 2.44. The number of anilines is 1. The highest BCUT2D eigenvalue weighted by Crippen LogP contribution is 2.34. The maximum absolute atomic E-state index is 13.2. The number of ether oxygens (including phenoxy) is 1. The van der Waals surface area contributed by atoms with Crippen molar-refractivity contribution in [1.29, 1.82) is 0 Å². The van der Waals surface area contributed by atoms with Gasteiger partial charge in [0.05, 0.1) is 19.0 Å². The first kappa shape index (κ1) is 16.3. The van der Waals surface area contributed by atoms with Crippen molar-refractivity contribution in [3.8, 4) is 11.4 Å². The van der Waals surface area contributed by atoms with Gasteiger partial charge in [0.15, 0.2) is 11.4 Å². The third-order valence-electron chi connectivity index (χ3n) is 4.62. The third kappa shape index (κ3) is 2.63. The van der Waals surface area contributed by atoms with Gasteiger partial charge in [-0.15, -0.1) is 0 Å². The number of aromatic nitrogens is 2. The normalized spacial score (nSPS) is 15.8. The van der Waals surface area contributed by atoms with E-state index in [2.05, 4.69) is 5.10 Å². The number of nitrogens with zero attached hydrogens (tertiary/aromatic N) is 3. The molecule has 132 valence electrons. The van der Waals surface area contributed by atoms with Gasteiger partial charge in [0.1, 0.15) is 5.82 Å². The lowest BCUT2D eigenvalue weighted by Crippen LogP contribution is -2.36. The molecule has 3 aromatic rings. The Morgan fingerprint density at radius 2 is 1.92 bits per heavy atom. The molecule has 4 rings (SSSR count). The van der Waals surface area contributed by atoms with E-state index < -0.39 is 0 Å². The molecule has 0 saturated carbocycles. The van der Waals surface area contributed by atoms with E-state index >= 15 is 0 Å². The molecular weight excluding hydrogens is 333 g/mol. The topological polar surface area (TPSA) is 47.4 Å². The summed E-state index contributed by atoms with van der Waals surface area (Å²) in [6, 6.07) is 13.8. The van der Waals surface area contributed by atoms with Gasteiger partial charge in [-0.25, -0.2) is 9.07 Å². The molecule has 2 heterocycles. The summed E-state index contributed by atoms with van der Waals surface area (Å²) in [4.78, 5) is 15.0. The van der Waals surface area contributed by atoms with Crippen molar-refractivity contribution in [2.24, 2.45) is 0 Å². The number of carbonyl (C=O) groups excluding carboxylic acids is 1.